The highest BCUT2D eigenvalue weighted by Crippen LogP contribution is 2.23. The summed E-state index contributed by atoms with van der Waals surface area (Å²) in [6, 6.07) is 7.82. The summed E-state index contributed by atoms with van der Waals surface area (Å²) in [5.74, 6) is 0.850. The third kappa shape index (κ3) is 13.6. The van der Waals surface area contributed by atoms with E-state index in [-0.39, 0.29) is 5.91 Å². The van der Waals surface area contributed by atoms with Crippen molar-refractivity contribution < 1.29 is 14.6 Å². The Hall–Kier alpha value is -1.82. The predicted octanol–water partition coefficient (Wildman–Crippen LogP) is 7.29. The number of thioether (sulfide) groups is 1. The summed E-state index contributed by atoms with van der Waals surface area (Å²) < 4.78 is 0. The highest BCUT2D eigenvalue weighted by molar-refractivity contribution is 7.99. The number of hydrogen-bond acceptors (Lipinski definition) is 4. The molecule has 0 atom stereocenters. The second-order valence-electron chi connectivity index (χ2n) is 8.22. The number of benzene rings is 1. The van der Waals surface area contributed by atoms with Gasteiger partial charge in [-0.2, -0.15) is 0 Å². The van der Waals surface area contributed by atoms with Crippen molar-refractivity contribution in [3.8, 4) is 0 Å². The van der Waals surface area contributed by atoms with E-state index in [9.17, 15) is 4.79 Å². The van der Waals surface area contributed by atoms with Gasteiger partial charge in [-0.3, -0.25) is 4.79 Å². The Balaban J connectivity index is 2.42. The molecule has 0 spiro atoms. The van der Waals surface area contributed by atoms with Gasteiger partial charge in [0.2, 0.25) is 0 Å². The number of carbonyl (C=O) groups is 1. The third-order valence-corrected chi connectivity index (χ3v) is 5.98. The number of allylic oxidation sites excluding steroid dienone is 5. The maximum absolute atomic E-state index is 12.6. The lowest BCUT2D eigenvalue weighted by atomic mass is 10.1. The van der Waals surface area contributed by atoms with Gasteiger partial charge in [-0.15, -0.1) is 11.8 Å². The van der Waals surface area contributed by atoms with Crippen molar-refractivity contribution in [1.29, 1.82) is 0 Å². The molecule has 0 heterocycles. The first-order valence-electron chi connectivity index (χ1n) is 11.5. The number of unbranched alkanes of at least 4 members (excludes halogenated alkanes) is 1. The second-order valence-corrected chi connectivity index (χ2v) is 9.28. The van der Waals surface area contributed by atoms with Gasteiger partial charge in [-0.05, 0) is 78.4 Å². The molecule has 0 aliphatic carbocycles. The smallest absolute Gasteiger partial charge is 0.252 e. The standard InChI is InChI=1S/C27H41NO3S/c1-22(2)12-10-13-23(3)14-11-15-24(4)18-21-32-26-17-7-6-16-25(26)27(29)28-19-8-9-20-31-30-5/h6-7,12,14,16-18H,8-11,13,15,19-21H2,1-5H3,(H,28,29). The largest absolute Gasteiger partial charge is 0.352 e. The fourth-order valence-electron chi connectivity index (χ4n) is 3.06. The second kappa shape index (κ2) is 17.7. The summed E-state index contributed by atoms with van der Waals surface area (Å²) in [4.78, 5) is 23.0. The first-order chi connectivity index (χ1) is 15.4. The van der Waals surface area contributed by atoms with Gasteiger partial charge in [-0.25, -0.2) is 9.78 Å². The van der Waals surface area contributed by atoms with Crippen LogP contribution in [0.3, 0.4) is 0 Å². The van der Waals surface area contributed by atoms with Crippen LogP contribution in [0.1, 0.15) is 76.6 Å². The minimum atomic E-state index is -0.0183. The van der Waals surface area contributed by atoms with E-state index in [2.05, 4.69) is 56.1 Å². The van der Waals surface area contributed by atoms with Crippen molar-refractivity contribution in [2.24, 2.45) is 0 Å². The normalized spacial score (nSPS) is 12.0. The molecule has 0 saturated heterocycles. The van der Waals surface area contributed by atoms with Crippen LogP contribution < -0.4 is 5.32 Å². The molecule has 1 N–H and O–H groups in total. The number of nitrogens with one attached hydrogen (secondary N) is 1. The van der Waals surface area contributed by atoms with Crippen LogP contribution in [-0.4, -0.2) is 31.9 Å². The van der Waals surface area contributed by atoms with Gasteiger partial charge in [0.05, 0.1) is 19.3 Å². The van der Waals surface area contributed by atoms with Crippen molar-refractivity contribution in [2.45, 2.75) is 71.1 Å². The van der Waals surface area contributed by atoms with Crippen molar-refractivity contribution in [2.75, 3.05) is 26.0 Å². The summed E-state index contributed by atoms with van der Waals surface area (Å²) in [6.07, 6.45) is 13.1. The van der Waals surface area contributed by atoms with Gasteiger partial charge in [-0.1, -0.05) is 47.1 Å². The summed E-state index contributed by atoms with van der Waals surface area (Å²) >= 11 is 1.71. The van der Waals surface area contributed by atoms with Gasteiger partial charge in [0, 0.05) is 17.2 Å². The Bertz CT molecular complexity index is 764. The molecular weight excluding hydrogens is 418 g/mol. The Labute approximate surface area is 199 Å². The van der Waals surface area contributed by atoms with Crippen LogP contribution in [0.15, 0.2) is 64.1 Å². The van der Waals surface area contributed by atoms with Gasteiger partial charge < -0.3 is 5.32 Å². The minimum Gasteiger partial charge on any atom is -0.352 e. The molecule has 0 aliphatic heterocycles. The maximum atomic E-state index is 12.6. The zero-order valence-electron chi connectivity index (χ0n) is 20.5. The fourth-order valence-corrected chi connectivity index (χ4v) is 4.10. The Morgan fingerprint density at radius 3 is 2.38 bits per heavy atom. The summed E-state index contributed by atoms with van der Waals surface area (Å²) in [6.45, 7) is 9.89. The van der Waals surface area contributed by atoms with Crippen LogP contribution in [0.25, 0.3) is 0 Å². The minimum absolute atomic E-state index is 0.0183. The Morgan fingerprint density at radius 2 is 1.66 bits per heavy atom. The lowest BCUT2D eigenvalue weighted by Gasteiger charge is -2.09. The molecule has 1 aromatic carbocycles. The fraction of sp³-hybridized carbons (Fsp3) is 0.519. The van der Waals surface area contributed by atoms with Gasteiger partial charge in [0.15, 0.2) is 0 Å². The van der Waals surface area contributed by atoms with E-state index in [1.807, 2.05) is 24.3 Å². The summed E-state index contributed by atoms with van der Waals surface area (Å²) in [7, 11) is 1.50. The highest BCUT2D eigenvalue weighted by atomic mass is 32.2. The van der Waals surface area contributed by atoms with Crippen LogP contribution in [0, 0.1) is 0 Å². The van der Waals surface area contributed by atoms with Crippen molar-refractivity contribution >= 4 is 17.7 Å². The number of hydrogen-bond donors (Lipinski definition) is 1. The van der Waals surface area contributed by atoms with Crippen LogP contribution in [-0.2, 0) is 9.78 Å². The van der Waals surface area contributed by atoms with Gasteiger partial charge >= 0.3 is 0 Å². The predicted molar refractivity (Wildman–Crippen MR) is 137 cm³/mol. The molecule has 0 aliphatic rings. The lowest BCUT2D eigenvalue weighted by molar-refractivity contribution is -0.272. The van der Waals surface area contributed by atoms with Crippen molar-refractivity contribution in [3.05, 3.63) is 64.8 Å². The Kier molecular flexibility index (Phi) is 15.6. The molecule has 32 heavy (non-hydrogen) atoms. The van der Waals surface area contributed by atoms with Crippen LogP contribution in [0.2, 0.25) is 0 Å². The SMILES string of the molecule is COOCCCCNC(=O)c1ccccc1SCC=C(C)CCC=C(C)CCC=C(C)C. The van der Waals surface area contributed by atoms with Gasteiger partial charge in [0.1, 0.15) is 0 Å². The zero-order valence-corrected chi connectivity index (χ0v) is 21.4. The van der Waals surface area contributed by atoms with E-state index in [4.69, 9.17) is 4.89 Å². The topological polar surface area (TPSA) is 47.6 Å². The third-order valence-electron chi connectivity index (χ3n) is 4.98. The quantitative estimate of drug-likeness (QED) is 0.0927. The average Bonchev–Trinajstić information content (AvgIpc) is 2.76. The van der Waals surface area contributed by atoms with Crippen LogP contribution >= 0.6 is 11.8 Å². The molecule has 4 nitrogen and oxygen atoms in total. The van der Waals surface area contributed by atoms with E-state index in [1.54, 1.807) is 11.8 Å². The zero-order chi connectivity index (χ0) is 23.6. The lowest BCUT2D eigenvalue weighted by Crippen LogP contribution is -2.25. The van der Waals surface area contributed by atoms with Gasteiger partial charge in [0.25, 0.3) is 5.91 Å². The maximum Gasteiger partial charge on any atom is 0.252 e. The molecule has 1 aromatic rings. The monoisotopic (exact) mass is 459 g/mol. The van der Waals surface area contributed by atoms with E-state index in [0.29, 0.717) is 13.2 Å². The molecule has 178 valence electrons. The Morgan fingerprint density at radius 1 is 0.969 bits per heavy atom. The number of carbonyl (C=O) groups excluding carboxylic acids is 1. The number of amides is 1. The molecule has 0 aromatic heterocycles. The van der Waals surface area contributed by atoms with Crippen molar-refractivity contribution in [1.82, 2.24) is 5.32 Å². The van der Waals surface area contributed by atoms with E-state index in [1.165, 1.54) is 23.8 Å². The molecule has 1 amide bonds. The molecule has 0 fully saturated rings. The van der Waals surface area contributed by atoms with Crippen LogP contribution in [0.4, 0.5) is 0 Å². The van der Waals surface area contributed by atoms with Crippen molar-refractivity contribution in [3.63, 3.8) is 0 Å². The molecule has 0 radical (unpaired) electrons. The summed E-state index contributed by atoms with van der Waals surface area (Å²) in [5, 5.41) is 3.00. The highest BCUT2D eigenvalue weighted by Gasteiger charge is 2.10. The average molecular weight is 460 g/mol. The summed E-state index contributed by atoms with van der Waals surface area (Å²) in [5.41, 5.74) is 5.00. The van der Waals surface area contributed by atoms with E-state index >= 15 is 0 Å². The van der Waals surface area contributed by atoms with E-state index in [0.717, 1.165) is 54.7 Å². The molecule has 0 unspecified atom stereocenters. The molecule has 0 bridgehead atoms. The molecular formula is C27H41NO3S. The first kappa shape index (κ1) is 28.2. The molecule has 0 saturated carbocycles. The molecule has 1 rings (SSSR count). The number of rotatable bonds is 16. The molecule has 5 heteroatoms. The van der Waals surface area contributed by atoms with Crippen LogP contribution in [0.5, 0.6) is 0 Å². The first-order valence-corrected chi connectivity index (χ1v) is 12.5. The van der Waals surface area contributed by atoms with E-state index < -0.39 is 0 Å².